The zero-order chi connectivity index (χ0) is 45.9. The van der Waals surface area contributed by atoms with E-state index in [0.29, 0.717) is 23.3 Å². The van der Waals surface area contributed by atoms with E-state index >= 15 is 0 Å². The highest BCUT2D eigenvalue weighted by atomic mass is 32.2. The Kier molecular flexibility index (Phi) is 20.4. The van der Waals surface area contributed by atoms with Gasteiger partial charge in [-0.1, -0.05) is 74.5 Å². The summed E-state index contributed by atoms with van der Waals surface area (Å²) in [6, 6.07) is 11.1. The van der Waals surface area contributed by atoms with Gasteiger partial charge in [-0.3, -0.25) is 43.2 Å². The van der Waals surface area contributed by atoms with Crippen LogP contribution in [-0.2, 0) is 56.0 Å². The average Bonchev–Trinajstić information content (AvgIpc) is 3.68. The van der Waals surface area contributed by atoms with Gasteiger partial charge >= 0.3 is 0 Å². The molecular weight excluding hydrogens is 819 g/mol. The van der Waals surface area contributed by atoms with Gasteiger partial charge in [0.25, 0.3) is 0 Å². The SMILES string of the molecule is CSCC[C@H](NC(=O)[C@H](CC(C)C)NC(=O)CN(C)C(=O)[C@H](Cc1ccccc1)N(C)C(=O)[C@H](Cc1ccccc1)NC(=O)[C@@H](CCC(N)=O)NC(=O)[C@H]1CCC(=O)N1)C(N)=O. The van der Waals surface area contributed by atoms with E-state index in [9.17, 15) is 43.2 Å². The second-order valence-electron chi connectivity index (χ2n) is 15.8. The van der Waals surface area contributed by atoms with Crippen molar-refractivity contribution in [3.05, 3.63) is 71.8 Å². The van der Waals surface area contributed by atoms with Crippen LogP contribution in [-0.4, -0.2) is 132 Å². The van der Waals surface area contributed by atoms with E-state index < -0.39 is 90.1 Å². The number of benzene rings is 2. The van der Waals surface area contributed by atoms with E-state index in [4.69, 9.17) is 11.5 Å². The molecule has 9 amide bonds. The van der Waals surface area contributed by atoms with E-state index in [0.717, 1.165) is 4.90 Å². The molecule has 62 heavy (non-hydrogen) atoms. The Labute approximate surface area is 366 Å². The molecule has 338 valence electrons. The second kappa shape index (κ2) is 25.1. The second-order valence-corrected chi connectivity index (χ2v) is 16.8. The standard InChI is InChI=1S/C43H61N9O9S/c1-26(2)22-32(41(59)48-29(38(45)56)20-21-62-5)47-37(55)25-51(3)43(61)34(24-28-14-10-7-11-15-28)52(4)42(60)33(23-27-12-8-6-9-13-27)50-40(58)31(16-18-35(44)53)49-39(57)30-17-19-36(54)46-30/h6-15,26,29-34H,16-25H2,1-5H3,(H2,44,53)(H2,45,56)(H,46,54)(H,47,55)(H,48,59)(H,49,57)(H,50,58)/t29-,30+,31+,32-,33-,34-/m0/s1. The van der Waals surface area contributed by atoms with Crippen molar-refractivity contribution in [2.24, 2.45) is 17.4 Å². The quantitative estimate of drug-likeness (QED) is 0.0674. The van der Waals surface area contributed by atoms with Crippen LogP contribution in [0.4, 0.5) is 0 Å². The molecule has 0 spiro atoms. The summed E-state index contributed by atoms with van der Waals surface area (Å²) < 4.78 is 0. The molecule has 1 saturated heterocycles. The lowest BCUT2D eigenvalue weighted by Crippen LogP contribution is -2.59. The summed E-state index contributed by atoms with van der Waals surface area (Å²) in [5.41, 5.74) is 12.3. The monoisotopic (exact) mass is 879 g/mol. The third kappa shape index (κ3) is 16.5. The van der Waals surface area contributed by atoms with E-state index in [-0.39, 0.29) is 56.8 Å². The van der Waals surface area contributed by atoms with Gasteiger partial charge < -0.3 is 47.9 Å². The van der Waals surface area contributed by atoms with Crippen molar-refractivity contribution in [2.45, 2.75) is 101 Å². The summed E-state index contributed by atoms with van der Waals surface area (Å²) in [7, 11) is 2.81. The van der Waals surface area contributed by atoms with Crippen LogP contribution in [0.3, 0.4) is 0 Å². The fourth-order valence-corrected chi connectivity index (χ4v) is 7.34. The molecule has 2 aromatic carbocycles. The van der Waals surface area contributed by atoms with Crippen LogP contribution in [0, 0.1) is 5.92 Å². The number of rotatable bonds is 25. The maximum absolute atomic E-state index is 14.6. The highest BCUT2D eigenvalue weighted by Crippen LogP contribution is 2.16. The maximum atomic E-state index is 14.6. The van der Waals surface area contributed by atoms with Crippen molar-refractivity contribution in [1.82, 2.24) is 36.4 Å². The number of amides is 9. The predicted molar refractivity (Wildman–Crippen MR) is 233 cm³/mol. The van der Waals surface area contributed by atoms with Crippen molar-refractivity contribution in [3.63, 3.8) is 0 Å². The normalized spacial score (nSPS) is 15.8. The molecule has 0 saturated carbocycles. The van der Waals surface area contributed by atoms with Crippen molar-refractivity contribution in [2.75, 3.05) is 32.6 Å². The van der Waals surface area contributed by atoms with Crippen molar-refractivity contribution in [1.29, 1.82) is 0 Å². The van der Waals surface area contributed by atoms with Crippen molar-refractivity contribution in [3.8, 4) is 0 Å². The smallest absolute Gasteiger partial charge is 0.245 e. The first kappa shape index (κ1) is 50.4. The number of thioether (sulfide) groups is 1. The molecule has 9 N–H and O–H groups in total. The number of likely N-dealkylation sites (N-methyl/N-ethyl adjacent to an activating group) is 2. The van der Waals surface area contributed by atoms with Crippen LogP contribution in [0.2, 0.25) is 0 Å². The van der Waals surface area contributed by atoms with E-state index in [1.165, 1.54) is 30.8 Å². The number of nitrogens with one attached hydrogen (secondary N) is 5. The molecule has 0 aromatic heterocycles. The van der Waals surface area contributed by atoms with E-state index in [2.05, 4.69) is 26.6 Å². The molecule has 2 aromatic rings. The third-order valence-electron chi connectivity index (χ3n) is 10.3. The molecule has 0 radical (unpaired) electrons. The first-order chi connectivity index (χ1) is 29.4. The Morgan fingerprint density at radius 3 is 1.87 bits per heavy atom. The first-order valence-corrected chi connectivity index (χ1v) is 21.9. The van der Waals surface area contributed by atoms with Gasteiger partial charge in [0.15, 0.2) is 0 Å². The highest BCUT2D eigenvalue weighted by Gasteiger charge is 2.37. The molecular formula is C43H61N9O9S. The largest absolute Gasteiger partial charge is 0.370 e. The predicted octanol–water partition coefficient (Wildman–Crippen LogP) is -0.475. The summed E-state index contributed by atoms with van der Waals surface area (Å²) in [4.78, 5) is 121. The minimum atomic E-state index is -1.31. The number of nitrogens with two attached hydrogens (primary N) is 2. The lowest BCUT2D eigenvalue weighted by Gasteiger charge is -2.34. The topological polar surface area (TPSA) is 272 Å². The lowest BCUT2D eigenvalue weighted by atomic mass is 10.00. The Morgan fingerprint density at radius 1 is 0.758 bits per heavy atom. The molecule has 3 rings (SSSR count). The molecule has 1 aliphatic heterocycles. The number of carbonyl (C=O) groups excluding carboxylic acids is 9. The number of carbonyl (C=O) groups is 9. The number of nitrogens with zero attached hydrogens (tertiary/aromatic N) is 2. The van der Waals surface area contributed by atoms with Gasteiger partial charge in [0, 0.05) is 39.8 Å². The highest BCUT2D eigenvalue weighted by molar-refractivity contribution is 7.98. The zero-order valence-electron chi connectivity index (χ0n) is 36.0. The van der Waals surface area contributed by atoms with Crippen LogP contribution < -0.4 is 38.1 Å². The fourth-order valence-electron chi connectivity index (χ4n) is 6.87. The van der Waals surface area contributed by atoms with Gasteiger partial charge in [-0.15, -0.1) is 0 Å². The summed E-state index contributed by atoms with van der Waals surface area (Å²) in [6.07, 6.45) is 2.27. The maximum Gasteiger partial charge on any atom is 0.245 e. The summed E-state index contributed by atoms with van der Waals surface area (Å²) in [6.45, 7) is 3.24. The Balaban J connectivity index is 1.89. The number of hydrogen-bond acceptors (Lipinski definition) is 10. The fraction of sp³-hybridized carbons (Fsp3) is 0.512. The van der Waals surface area contributed by atoms with E-state index in [1.54, 1.807) is 60.7 Å². The minimum absolute atomic E-state index is 0.0210. The minimum Gasteiger partial charge on any atom is -0.370 e. The molecule has 1 fully saturated rings. The summed E-state index contributed by atoms with van der Waals surface area (Å²) in [5.74, 6) is -5.18. The summed E-state index contributed by atoms with van der Waals surface area (Å²) in [5, 5.41) is 13.2. The summed E-state index contributed by atoms with van der Waals surface area (Å²) >= 11 is 1.49. The van der Waals surface area contributed by atoms with Gasteiger partial charge in [0.1, 0.15) is 36.3 Å². The van der Waals surface area contributed by atoms with Gasteiger partial charge in [-0.25, -0.2) is 0 Å². The molecule has 0 aliphatic carbocycles. The lowest BCUT2D eigenvalue weighted by molar-refractivity contribution is -0.147. The van der Waals surface area contributed by atoms with Gasteiger partial charge in [0.2, 0.25) is 53.2 Å². The molecule has 1 heterocycles. The molecule has 0 bridgehead atoms. The number of hydrogen-bond donors (Lipinski definition) is 7. The molecule has 6 atom stereocenters. The van der Waals surface area contributed by atoms with Crippen LogP contribution in [0.1, 0.15) is 63.5 Å². The zero-order valence-corrected chi connectivity index (χ0v) is 36.8. The van der Waals surface area contributed by atoms with Gasteiger partial charge in [-0.2, -0.15) is 11.8 Å². The van der Waals surface area contributed by atoms with Crippen LogP contribution >= 0.6 is 11.8 Å². The van der Waals surface area contributed by atoms with Crippen LogP contribution in [0.15, 0.2) is 60.7 Å². The van der Waals surface area contributed by atoms with Crippen LogP contribution in [0.25, 0.3) is 0 Å². The molecule has 1 aliphatic rings. The first-order valence-electron chi connectivity index (χ1n) is 20.6. The van der Waals surface area contributed by atoms with E-state index in [1.807, 2.05) is 20.1 Å². The van der Waals surface area contributed by atoms with Gasteiger partial charge in [-0.05, 0) is 54.7 Å². The third-order valence-corrected chi connectivity index (χ3v) is 10.9. The molecule has 19 heteroatoms. The Morgan fingerprint density at radius 2 is 1.34 bits per heavy atom. The Bertz CT molecular complexity index is 1890. The molecule has 18 nitrogen and oxygen atoms in total. The van der Waals surface area contributed by atoms with Crippen LogP contribution in [0.5, 0.6) is 0 Å². The Hall–Kier alpha value is -5.98. The van der Waals surface area contributed by atoms with Crippen molar-refractivity contribution < 1.29 is 43.2 Å². The average molecular weight is 880 g/mol. The van der Waals surface area contributed by atoms with Crippen molar-refractivity contribution >= 4 is 64.9 Å². The molecule has 0 unspecified atom stereocenters. The number of primary amides is 2. The van der Waals surface area contributed by atoms with Gasteiger partial charge in [0.05, 0.1) is 6.54 Å².